The van der Waals surface area contributed by atoms with Gasteiger partial charge in [0.2, 0.25) is 0 Å². The van der Waals surface area contributed by atoms with Gasteiger partial charge in [0.1, 0.15) is 10.6 Å². The summed E-state index contributed by atoms with van der Waals surface area (Å²) in [7, 11) is 2.96. The van der Waals surface area contributed by atoms with Crippen LogP contribution in [-0.4, -0.2) is 25.6 Å². The van der Waals surface area contributed by atoms with Crippen LogP contribution in [0.4, 0.5) is 0 Å². The molecule has 0 amide bonds. The maximum absolute atomic E-state index is 11.8. The molecule has 1 rings (SSSR count). The van der Waals surface area contributed by atoms with Gasteiger partial charge in [-0.15, -0.1) is 0 Å². The van der Waals surface area contributed by atoms with Gasteiger partial charge in [0.15, 0.2) is 0 Å². The van der Waals surface area contributed by atoms with Crippen LogP contribution >= 0.6 is 10.7 Å². The van der Waals surface area contributed by atoms with Crippen LogP contribution in [-0.2, 0) is 20.8 Å². The lowest BCUT2D eigenvalue weighted by Gasteiger charge is -2.04. The van der Waals surface area contributed by atoms with Crippen molar-refractivity contribution in [2.24, 2.45) is 7.05 Å². The summed E-state index contributed by atoms with van der Waals surface area (Å²) in [5.41, 5.74) is 0.176. The molecule has 0 aliphatic rings. The number of hydrogen-bond acceptors (Lipinski definition) is 4. The van der Waals surface area contributed by atoms with Crippen LogP contribution in [0, 0.1) is 0 Å². The fourth-order valence-corrected chi connectivity index (χ4v) is 2.43. The maximum atomic E-state index is 11.8. The largest absolute Gasteiger partial charge is 0.461 e. The summed E-state index contributed by atoms with van der Waals surface area (Å²) < 4.78 is 28.8. The Morgan fingerprint density at radius 3 is 2.58 bits per heavy atom. The van der Waals surface area contributed by atoms with Gasteiger partial charge in [-0.05, 0) is 12.5 Å². The van der Waals surface area contributed by atoms with E-state index in [4.69, 9.17) is 15.4 Å². The zero-order chi connectivity index (χ0) is 14.5. The lowest BCUT2D eigenvalue weighted by atomic mass is 10.2. The second kappa shape index (κ2) is 6.96. The molecule has 1 aromatic heterocycles. The minimum Gasteiger partial charge on any atom is -0.461 e. The van der Waals surface area contributed by atoms with Gasteiger partial charge in [-0.25, -0.2) is 13.2 Å². The Kier molecular flexibility index (Phi) is 5.87. The van der Waals surface area contributed by atoms with Gasteiger partial charge >= 0.3 is 5.97 Å². The molecule has 0 unspecified atom stereocenters. The normalized spacial score (nSPS) is 11.5. The summed E-state index contributed by atoms with van der Waals surface area (Å²) in [5, 5.41) is 0. The second-order valence-corrected chi connectivity index (χ2v) is 6.87. The fourth-order valence-electron chi connectivity index (χ4n) is 1.64. The molecule has 0 aromatic carbocycles. The number of esters is 1. The standard InChI is InChI=1S/C12H18ClNO4S/c1-3-4-5-6-7-18-12(15)11-8-10(9-14(11)2)19(13,16)17/h8-9H,3-7H2,1-2H3. The van der Waals surface area contributed by atoms with E-state index in [2.05, 4.69) is 6.92 Å². The molecule has 0 N–H and O–H groups in total. The molecule has 5 nitrogen and oxygen atoms in total. The average Bonchev–Trinajstić information content (AvgIpc) is 2.70. The minimum absolute atomic E-state index is 0.102. The van der Waals surface area contributed by atoms with E-state index in [9.17, 15) is 13.2 Å². The number of hydrogen-bond donors (Lipinski definition) is 0. The highest BCUT2D eigenvalue weighted by molar-refractivity contribution is 8.13. The van der Waals surface area contributed by atoms with E-state index < -0.39 is 15.0 Å². The van der Waals surface area contributed by atoms with Gasteiger partial charge < -0.3 is 9.30 Å². The van der Waals surface area contributed by atoms with Crippen molar-refractivity contribution in [3.05, 3.63) is 18.0 Å². The van der Waals surface area contributed by atoms with Crippen molar-refractivity contribution in [1.82, 2.24) is 4.57 Å². The van der Waals surface area contributed by atoms with E-state index in [1.54, 1.807) is 7.05 Å². The van der Waals surface area contributed by atoms with Crippen LogP contribution in [0.15, 0.2) is 17.2 Å². The lowest BCUT2D eigenvalue weighted by molar-refractivity contribution is 0.0486. The zero-order valence-corrected chi connectivity index (χ0v) is 12.6. The molecule has 7 heteroatoms. The lowest BCUT2D eigenvalue weighted by Crippen LogP contribution is -2.10. The summed E-state index contributed by atoms with van der Waals surface area (Å²) in [6.07, 6.45) is 5.33. The highest BCUT2D eigenvalue weighted by atomic mass is 35.7. The van der Waals surface area contributed by atoms with E-state index in [0.717, 1.165) is 25.7 Å². The molecular weight excluding hydrogens is 290 g/mol. The molecule has 0 aliphatic heterocycles. The van der Waals surface area contributed by atoms with Gasteiger partial charge in [0, 0.05) is 23.9 Å². The van der Waals surface area contributed by atoms with Crippen LogP contribution in [0.3, 0.4) is 0 Å². The number of halogens is 1. The summed E-state index contributed by atoms with van der Waals surface area (Å²) >= 11 is 0. The van der Waals surface area contributed by atoms with Crippen molar-refractivity contribution in [1.29, 1.82) is 0 Å². The Hall–Kier alpha value is -1.01. The molecule has 1 aromatic rings. The third-order valence-corrected chi connectivity index (χ3v) is 4.02. The monoisotopic (exact) mass is 307 g/mol. The first-order chi connectivity index (χ1) is 8.86. The number of aromatic nitrogens is 1. The van der Waals surface area contributed by atoms with E-state index in [-0.39, 0.29) is 10.6 Å². The highest BCUT2D eigenvalue weighted by Gasteiger charge is 2.19. The van der Waals surface area contributed by atoms with Crippen molar-refractivity contribution in [2.45, 2.75) is 37.5 Å². The van der Waals surface area contributed by atoms with Crippen LogP contribution in [0.1, 0.15) is 43.1 Å². The van der Waals surface area contributed by atoms with Crippen molar-refractivity contribution in [3.8, 4) is 0 Å². The molecule has 0 spiro atoms. The Morgan fingerprint density at radius 1 is 1.37 bits per heavy atom. The molecule has 0 bridgehead atoms. The Labute approximate surface area is 117 Å². The first kappa shape index (κ1) is 16.0. The van der Waals surface area contributed by atoms with Crippen LogP contribution in [0.25, 0.3) is 0 Å². The first-order valence-electron chi connectivity index (χ1n) is 6.14. The van der Waals surface area contributed by atoms with E-state index >= 15 is 0 Å². The van der Waals surface area contributed by atoms with Crippen LogP contribution in [0.2, 0.25) is 0 Å². The summed E-state index contributed by atoms with van der Waals surface area (Å²) in [6, 6.07) is 1.22. The number of ether oxygens (including phenoxy) is 1. The Balaban J connectivity index is 2.60. The molecule has 0 atom stereocenters. The van der Waals surface area contributed by atoms with Crippen molar-refractivity contribution in [3.63, 3.8) is 0 Å². The molecule has 1 heterocycles. The Bertz CT molecular complexity index is 536. The third-order valence-electron chi connectivity index (χ3n) is 2.70. The SMILES string of the molecule is CCCCCCOC(=O)c1cc(S(=O)(=O)Cl)cn1C. The predicted octanol–water partition coefficient (Wildman–Crippen LogP) is 2.69. The van der Waals surface area contributed by atoms with Gasteiger partial charge in [-0.3, -0.25) is 0 Å². The van der Waals surface area contributed by atoms with Crippen LogP contribution < -0.4 is 0 Å². The quantitative estimate of drug-likeness (QED) is 0.441. The molecule has 0 saturated heterocycles. The number of nitrogens with zero attached hydrogens (tertiary/aromatic N) is 1. The number of unbranched alkanes of at least 4 members (excludes halogenated alkanes) is 3. The predicted molar refractivity (Wildman–Crippen MR) is 72.9 cm³/mol. The Morgan fingerprint density at radius 2 is 2.05 bits per heavy atom. The smallest absolute Gasteiger partial charge is 0.354 e. The highest BCUT2D eigenvalue weighted by Crippen LogP contribution is 2.18. The molecular formula is C12H18ClNO4S. The average molecular weight is 308 g/mol. The van der Waals surface area contributed by atoms with Crippen molar-refractivity contribution >= 4 is 25.7 Å². The van der Waals surface area contributed by atoms with E-state index in [1.807, 2.05) is 0 Å². The topological polar surface area (TPSA) is 65.4 Å². The van der Waals surface area contributed by atoms with Gasteiger partial charge in [-0.1, -0.05) is 26.2 Å². The number of carbonyl (C=O) groups is 1. The molecule has 0 saturated carbocycles. The summed E-state index contributed by atoms with van der Waals surface area (Å²) in [5.74, 6) is -0.537. The second-order valence-electron chi connectivity index (χ2n) is 4.31. The minimum atomic E-state index is -3.83. The fraction of sp³-hybridized carbons (Fsp3) is 0.583. The molecule has 0 radical (unpaired) electrons. The summed E-state index contributed by atoms with van der Waals surface area (Å²) in [4.78, 5) is 11.7. The maximum Gasteiger partial charge on any atom is 0.354 e. The molecule has 108 valence electrons. The van der Waals surface area contributed by atoms with Crippen LogP contribution in [0.5, 0.6) is 0 Å². The zero-order valence-electron chi connectivity index (χ0n) is 11.1. The molecule has 19 heavy (non-hydrogen) atoms. The first-order valence-corrected chi connectivity index (χ1v) is 8.45. The van der Waals surface area contributed by atoms with E-state index in [1.165, 1.54) is 16.8 Å². The van der Waals surface area contributed by atoms with Crippen molar-refractivity contribution in [2.75, 3.05) is 6.61 Å². The van der Waals surface area contributed by atoms with Gasteiger partial charge in [-0.2, -0.15) is 0 Å². The molecule has 0 fully saturated rings. The number of carbonyl (C=O) groups excluding carboxylic acids is 1. The number of aryl methyl sites for hydroxylation is 1. The molecule has 0 aliphatic carbocycles. The van der Waals surface area contributed by atoms with Crippen molar-refractivity contribution < 1.29 is 17.9 Å². The summed E-state index contributed by atoms with van der Waals surface area (Å²) in [6.45, 7) is 2.44. The van der Waals surface area contributed by atoms with Gasteiger partial charge in [0.25, 0.3) is 9.05 Å². The van der Waals surface area contributed by atoms with E-state index in [0.29, 0.717) is 6.61 Å². The third kappa shape index (κ3) is 4.87. The van der Waals surface area contributed by atoms with Gasteiger partial charge in [0.05, 0.1) is 6.61 Å². The number of rotatable bonds is 7.